The van der Waals surface area contributed by atoms with E-state index in [0.717, 1.165) is 24.3 Å². The van der Waals surface area contributed by atoms with Gasteiger partial charge in [0.05, 0.1) is 11.0 Å². The van der Waals surface area contributed by atoms with Crippen molar-refractivity contribution in [2.24, 2.45) is 0 Å². The van der Waals surface area contributed by atoms with Crippen LogP contribution in [0.3, 0.4) is 0 Å². The van der Waals surface area contributed by atoms with Crippen LogP contribution >= 0.6 is 0 Å². The summed E-state index contributed by atoms with van der Waals surface area (Å²) in [6.07, 6.45) is 0. The second-order valence-corrected chi connectivity index (χ2v) is 5.04. The monoisotopic (exact) mass is 213 g/mol. The molecule has 3 nitrogen and oxygen atoms in total. The number of nitrogens with zero attached hydrogens (tertiary/aromatic N) is 1. The van der Waals surface area contributed by atoms with E-state index in [1.807, 2.05) is 0 Å². The van der Waals surface area contributed by atoms with Crippen LogP contribution in [0.15, 0.2) is 29.2 Å². The molecule has 0 spiro atoms. The van der Waals surface area contributed by atoms with Gasteiger partial charge >= 0.3 is 0 Å². The third-order valence-electron chi connectivity index (χ3n) is 1.79. The molecule has 1 rings (SSSR count). The van der Waals surface area contributed by atoms with Gasteiger partial charge in [-0.15, -0.1) is 0 Å². The van der Waals surface area contributed by atoms with Gasteiger partial charge in [0, 0.05) is 0 Å². The Hall–Kier alpha value is -1.41. The smallest absolute Gasteiger partial charge is 0.194 e. The van der Waals surface area contributed by atoms with Gasteiger partial charge in [-0.1, -0.05) is 0 Å². The van der Waals surface area contributed by atoms with E-state index in [2.05, 4.69) is 0 Å². The molecule has 1 aromatic carbocycles. The number of hydrogen-bond acceptors (Lipinski definition) is 3. The standard InChI is InChI=1S/C9H8FNO2S/c1-7(6-11)14(12,13)9-4-2-8(10)3-5-9/h2-5,7H,1H3. The zero-order chi connectivity index (χ0) is 10.8. The minimum Gasteiger partial charge on any atom is -0.222 e. The molecule has 0 saturated carbocycles. The molecule has 0 saturated heterocycles. The minimum absolute atomic E-state index is 0.0343. The molecule has 74 valence electrons. The molecule has 0 aliphatic carbocycles. The zero-order valence-corrected chi connectivity index (χ0v) is 8.25. The highest BCUT2D eigenvalue weighted by molar-refractivity contribution is 7.92. The average molecular weight is 213 g/mol. The highest BCUT2D eigenvalue weighted by Gasteiger charge is 2.22. The largest absolute Gasteiger partial charge is 0.222 e. The van der Waals surface area contributed by atoms with E-state index in [0.29, 0.717) is 0 Å². The van der Waals surface area contributed by atoms with Crippen molar-refractivity contribution in [3.05, 3.63) is 30.1 Å². The second-order valence-electron chi connectivity index (χ2n) is 2.77. The Morgan fingerprint density at radius 1 is 1.36 bits per heavy atom. The number of benzene rings is 1. The quantitative estimate of drug-likeness (QED) is 0.700. The first-order chi connectivity index (χ1) is 6.48. The van der Waals surface area contributed by atoms with Gasteiger partial charge in [0.1, 0.15) is 11.1 Å². The van der Waals surface area contributed by atoms with Crippen molar-refractivity contribution in [1.29, 1.82) is 5.26 Å². The molecule has 0 radical (unpaired) electrons. The summed E-state index contributed by atoms with van der Waals surface area (Å²) in [6, 6.07) is 6.04. The lowest BCUT2D eigenvalue weighted by Crippen LogP contribution is -2.15. The van der Waals surface area contributed by atoms with Gasteiger partial charge in [-0.3, -0.25) is 0 Å². The van der Waals surface area contributed by atoms with Gasteiger partial charge in [0.2, 0.25) is 0 Å². The van der Waals surface area contributed by atoms with Crippen molar-refractivity contribution < 1.29 is 12.8 Å². The summed E-state index contributed by atoms with van der Waals surface area (Å²) in [4.78, 5) is -0.0343. The molecule has 0 aliphatic rings. The van der Waals surface area contributed by atoms with Crippen molar-refractivity contribution in [2.45, 2.75) is 17.1 Å². The van der Waals surface area contributed by atoms with E-state index >= 15 is 0 Å². The molecule has 0 fully saturated rings. The fourth-order valence-corrected chi connectivity index (χ4v) is 1.96. The van der Waals surface area contributed by atoms with Crippen LogP contribution < -0.4 is 0 Å². The predicted octanol–water partition coefficient (Wildman–Crippen LogP) is 1.51. The third-order valence-corrected chi connectivity index (χ3v) is 3.75. The molecule has 1 atom stereocenters. The van der Waals surface area contributed by atoms with Crippen LogP contribution in [-0.4, -0.2) is 13.7 Å². The first-order valence-electron chi connectivity index (χ1n) is 3.87. The summed E-state index contributed by atoms with van der Waals surface area (Å²) in [6.45, 7) is 1.29. The van der Waals surface area contributed by atoms with Crippen molar-refractivity contribution in [1.82, 2.24) is 0 Å². The van der Waals surface area contributed by atoms with Crippen LogP contribution in [0.25, 0.3) is 0 Å². The first-order valence-corrected chi connectivity index (χ1v) is 5.42. The Bertz CT molecular complexity index is 459. The second kappa shape index (κ2) is 3.76. The molecule has 0 N–H and O–H groups in total. The lowest BCUT2D eigenvalue weighted by Gasteiger charge is -2.04. The van der Waals surface area contributed by atoms with Crippen LogP contribution in [0.4, 0.5) is 4.39 Å². The van der Waals surface area contributed by atoms with E-state index < -0.39 is 20.9 Å². The van der Waals surface area contributed by atoms with Crippen molar-refractivity contribution in [3.8, 4) is 6.07 Å². The molecule has 1 aromatic rings. The van der Waals surface area contributed by atoms with Gasteiger partial charge in [0.15, 0.2) is 9.84 Å². The van der Waals surface area contributed by atoms with Gasteiger partial charge in [-0.25, -0.2) is 12.8 Å². The number of rotatable bonds is 2. The Labute approximate surface area is 81.7 Å². The maximum Gasteiger partial charge on any atom is 0.194 e. The summed E-state index contributed by atoms with van der Waals surface area (Å²) in [5.74, 6) is -0.506. The topological polar surface area (TPSA) is 57.9 Å². The van der Waals surface area contributed by atoms with Gasteiger partial charge in [-0.2, -0.15) is 5.26 Å². The molecular weight excluding hydrogens is 205 g/mol. The number of halogens is 1. The Kier molecular flexibility index (Phi) is 2.87. The minimum atomic E-state index is -3.63. The van der Waals surface area contributed by atoms with E-state index in [9.17, 15) is 12.8 Å². The van der Waals surface area contributed by atoms with Crippen LogP contribution in [0.2, 0.25) is 0 Å². The summed E-state index contributed by atoms with van der Waals surface area (Å²) in [5.41, 5.74) is 0. The Balaban J connectivity index is 3.19. The van der Waals surface area contributed by atoms with Gasteiger partial charge in [0.25, 0.3) is 0 Å². The molecule has 0 bridgehead atoms. The van der Waals surface area contributed by atoms with Crippen LogP contribution in [0.1, 0.15) is 6.92 Å². The molecule has 0 aromatic heterocycles. The van der Waals surface area contributed by atoms with Crippen molar-refractivity contribution in [2.75, 3.05) is 0 Å². The van der Waals surface area contributed by atoms with E-state index in [4.69, 9.17) is 5.26 Å². The molecule has 0 aliphatic heterocycles. The van der Waals surface area contributed by atoms with E-state index in [1.165, 1.54) is 6.92 Å². The van der Waals surface area contributed by atoms with Gasteiger partial charge in [-0.05, 0) is 31.2 Å². The normalized spacial score (nSPS) is 13.2. The molecule has 14 heavy (non-hydrogen) atoms. The fraction of sp³-hybridized carbons (Fsp3) is 0.222. The predicted molar refractivity (Wildman–Crippen MR) is 48.7 cm³/mol. The van der Waals surface area contributed by atoms with E-state index in [-0.39, 0.29) is 4.90 Å². The molecule has 0 amide bonds. The SMILES string of the molecule is CC(C#N)S(=O)(=O)c1ccc(F)cc1. The summed E-state index contributed by atoms with van der Waals surface area (Å²) < 4.78 is 35.6. The third kappa shape index (κ3) is 1.91. The fourth-order valence-electron chi connectivity index (χ4n) is 0.898. The summed E-state index contributed by atoms with van der Waals surface area (Å²) in [5, 5.41) is 7.37. The van der Waals surface area contributed by atoms with Crippen molar-refractivity contribution in [3.63, 3.8) is 0 Å². The van der Waals surface area contributed by atoms with Crippen LogP contribution in [0, 0.1) is 17.1 Å². The average Bonchev–Trinajstić information content (AvgIpc) is 2.17. The molecule has 1 unspecified atom stereocenters. The van der Waals surface area contributed by atoms with Crippen LogP contribution in [0.5, 0.6) is 0 Å². The number of hydrogen-bond donors (Lipinski definition) is 0. The first kappa shape index (κ1) is 10.7. The Morgan fingerprint density at radius 3 is 2.29 bits per heavy atom. The molecule has 5 heteroatoms. The number of nitriles is 1. The summed E-state index contributed by atoms with van der Waals surface area (Å²) >= 11 is 0. The lowest BCUT2D eigenvalue weighted by atomic mass is 10.4. The number of sulfone groups is 1. The van der Waals surface area contributed by atoms with E-state index in [1.54, 1.807) is 6.07 Å². The Morgan fingerprint density at radius 2 is 1.86 bits per heavy atom. The zero-order valence-electron chi connectivity index (χ0n) is 7.44. The van der Waals surface area contributed by atoms with Crippen LogP contribution in [-0.2, 0) is 9.84 Å². The van der Waals surface area contributed by atoms with Crippen molar-refractivity contribution >= 4 is 9.84 Å². The molecule has 0 heterocycles. The maximum absolute atomic E-state index is 12.5. The highest BCUT2D eigenvalue weighted by Crippen LogP contribution is 2.15. The van der Waals surface area contributed by atoms with Gasteiger partial charge < -0.3 is 0 Å². The highest BCUT2D eigenvalue weighted by atomic mass is 32.2. The lowest BCUT2D eigenvalue weighted by molar-refractivity contribution is 0.590. The summed E-state index contributed by atoms with van der Waals surface area (Å²) in [7, 11) is -3.63. The molecular formula is C9H8FNO2S. The maximum atomic E-state index is 12.5.